The van der Waals surface area contributed by atoms with Gasteiger partial charge in [0.1, 0.15) is 17.6 Å². The van der Waals surface area contributed by atoms with E-state index in [1.165, 1.54) is 0 Å². The third-order valence-electron chi connectivity index (χ3n) is 4.94. The fourth-order valence-electron chi connectivity index (χ4n) is 3.21. The van der Waals surface area contributed by atoms with Gasteiger partial charge >= 0.3 is 5.97 Å². The van der Waals surface area contributed by atoms with Gasteiger partial charge in [-0.1, -0.05) is 53.2 Å². The van der Waals surface area contributed by atoms with Crippen LogP contribution >= 0.6 is 15.9 Å². The maximum atomic E-state index is 12.5. The highest BCUT2D eigenvalue weighted by molar-refractivity contribution is 9.10. The molecule has 164 valence electrons. The van der Waals surface area contributed by atoms with E-state index < -0.39 is 5.97 Å². The molecule has 0 aliphatic heterocycles. The highest BCUT2D eigenvalue weighted by atomic mass is 79.9. The summed E-state index contributed by atoms with van der Waals surface area (Å²) in [6.45, 7) is 4.53. The van der Waals surface area contributed by atoms with E-state index in [4.69, 9.17) is 9.25 Å². The van der Waals surface area contributed by atoms with Crippen molar-refractivity contribution in [3.63, 3.8) is 0 Å². The summed E-state index contributed by atoms with van der Waals surface area (Å²) in [6.07, 6.45) is 4.18. The molecule has 1 N–H and O–H groups in total. The number of H-pyrrole nitrogens is 1. The van der Waals surface area contributed by atoms with Crippen LogP contribution in [0, 0.1) is 0 Å². The van der Waals surface area contributed by atoms with Crippen molar-refractivity contribution in [1.29, 1.82) is 0 Å². The van der Waals surface area contributed by atoms with Gasteiger partial charge in [0.15, 0.2) is 5.76 Å². The van der Waals surface area contributed by atoms with Gasteiger partial charge in [-0.15, -0.1) is 5.06 Å². The van der Waals surface area contributed by atoms with Gasteiger partial charge in [-0.05, 0) is 37.6 Å². The van der Waals surface area contributed by atoms with Crippen LogP contribution in [0.15, 0.2) is 75.9 Å². The number of imidazole rings is 1. The monoisotopic (exact) mass is 494 g/mol. The van der Waals surface area contributed by atoms with Gasteiger partial charge in [-0.3, -0.25) is 0 Å². The van der Waals surface area contributed by atoms with Gasteiger partial charge < -0.3 is 14.2 Å². The number of aromatic amines is 1. The molecule has 0 amide bonds. The van der Waals surface area contributed by atoms with Crippen LogP contribution in [0.3, 0.4) is 0 Å². The molecule has 0 saturated carbocycles. The van der Waals surface area contributed by atoms with E-state index in [1.54, 1.807) is 29.6 Å². The quantitative estimate of drug-likeness (QED) is 0.300. The lowest BCUT2D eigenvalue weighted by molar-refractivity contribution is -0.137. The number of nitrogens with zero attached hydrogens (tertiary/aromatic N) is 3. The van der Waals surface area contributed by atoms with Crippen molar-refractivity contribution in [1.82, 2.24) is 20.0 Å². The van der Waals surface area contributed by atoms with Crippen molar-refractivity contribution >= 4 is 21.9 Å². The number of carbonyl (C=O) groups is 1. The van der Waals surface area contributed by atoms with Crippen molar-refractivity contribution < 1.29 is 14.0 Å². The normalized spacial score (nSPS) is 12.1. The summed E-state index contributed by atoms with van der Waals surface area (Å²) < 4.78 is 6.92. The Bertz CT molecular complexity index is 1170. The number of aromatic nitrogens is 3. The summed E-state index contributed by atoms with van der Waals surface area (Å²) in [4.78, 5) is 30.3. The van der Waals surface area contributed by atoms with Crippen LogP contribution in [0.2, 0.25) is 0 Å². The predicted molar refractivity (Wildman–Crippen MR) is 124 cm³/mol. The molecule has 1 unspecified atom stereocenters. The molecule has 2 aromatic heterocycles. The first-order valence-corrected chi connectivity index (χ1v) is 11.2. The summed E-state index contributed by atoms with van der Waals surface area (Å²) in [5.41, 5.74) is 2.09. The largest absolute Gasteiger partial charge is 0.435 e. The summed E-state index contributed by atoms with van der Waals surface area (Å²) in [6, 6.07) is 16.5. The van der Waals surface area contributed by atoms with Gasteiger partial charge in [-0.25, -0.2) is 14.8 Å². The van der Waals surface area contributed by atoms with Crippen LogP contribution in [0.25, 0.3) is 22.9 Å². The lowest BCUT2D eigenvalue weighted by Crippen LogP contribution is -2.31. The summed E-state index contributed by atoms with van der Waals surface area (Å²) in [5, 5.41) is 1.64. The number of rotatable bonds is 8. The van der Waals surface area contributed by atoms with Gasteiger partial charge in [0, 0.05) is 16.6 Å². The molecular formula is C24H23BrN4O3. The molecule has 4 aromatic rings. The van der Waals surface area contributed by atoms with Crippen LogP contribution < -0.4 is 0 Å². The standard InChI is InChI=1S/C24H23BrN4O3/c1-3-13-29(32-24(30)18-7-5-4-6-8-18)16(2)22-26-14-20(28-22)23-27-15-21(31-23)17-9-11-19(25)12-10-17/h4-12,14-16H,3,13H2,1-2H3,(H,26,28). The van der Waals surface area contributed by atoms with E-state index in [0.29, 0.717) is 35.3 Å². The number of oxazole rings is 1. The number of nitrogens with one attached hydrogen (secondary N) is 1. The lowest BCUT2D eigenvalue weighted by atomic mass is 10.2. The Morgan fingerprint density at radius 3 is 2.59 bits per heavy atom. The molecule has 0 aliphatic rings. The average molecular weight is 495 g/mol. The van der Waals surface area contributed by atoms with Crippen LogP contribution in [-0.2, 0) is 4.84 Å². The summed E-state index contributed by atoms with van der Waals surface area (Å²) in [7, 11) is 0. The Kier molecular flexibility index (Phi) is 6.82. The molecule has 0 fully saturated rings. The Balaban J connectivity index is 1.50. The number of halogens is 1. The molecule has 8 heteroatoms. The molecule has 2 heterocycles. The molecule has 1 atom stereocenters. The Hall–Kier alpha value is -3.23. The predicted octanol–water partition coefficient (Wildman–Crippen LogP) is 6.04. The van der Waals surface area contributed by atoms with Crippen LogP contribution in [0.5, 0.6) is 0 Å². The van der Waals surface area contributed by atoms with E-state index in [2.05, 4.69) is 30.9 Å². The number of hydrogen-bond acceptors (Lipinski definition) is 6. The van der Waals surface area contributed by atoms with Gasteiger partial charge in [0.2, 0.25) is 5.89 Å². The molecule has 2 aromatic carbocycles. The Morgan fingerprint density at radius 1 is 1.12 bits per heavy atom. The van der Waals surface area contributed by atoms with Crippen molar-refractivity contribution in [2.75, 3.05) is 6.54 Å². The van der Waals surface area contributed by atoms with Crippen LogP contribution in [-0.4, -0.2) is 32.5 Å². The fraction of sp³-hybridized carbons (Fsp3) is 0.208. The maximum absolute atomic E-state index is 12.5. The molecule has 0 bridgehead atoms. The molecule has 0 spiro atoms. The third kappa shape index (κ3) is 4.98. The minimum absolute atomic E-state index is 0.280. The average Bonchev–Trinajstić information content (AvgIpc) is 3.49. The van der Waals surface area contributed by atoms with E-state index >= 15 is 0 Å². The highest BCUT2D eigenvalue weighted by Crippen LogP contribution is 2.28. The van der Waals surface area contributed by atoms with E-state index in [1.807, 2.05) is 56.3 Å². The zero-order valence-corrected chi connectivity index (χ0v) is 19.4. The van der Waals surface area contributed by atoms with Crippen molar-refractivity contribution in [2.24, 2.45) is 0 Å². The SMILES string of the molecule is CCCN(OC(=O)c1ccccc1)C(C)c1ncc(-c2ncc(-c3ccc(Br)cc3)o2)[nH]1. The second-order valence-electron chi connectivity index (χ2n) is 7.28. The second-order valence-corrected chi connectivity index (χ2v) is 8.20. The van der Waals surface area contributed by atoms with Crippen molar-refractivity contribution in [3.8, 4) is 22.9 Å². The summed E-state index contributed by atoms with van der Waals surface area (Å²) >= 11 is 3.43. The minimum atomic E-state index is -0.399. The van der Waals surface area contributed by atoms with Gasteiger partial charge in [0.25, 0.3) is 0 Å². The molecule has 32 heavy (non-hydrogen) atoms. The Morgan fingerprint density at radius 2 is 1.88 bits per heavy atom. The Labute approximate surface area is 194 Å². The first-order valence-electron chi connectivity index (χ1n) is 10.4. The molecular weight excluding hydrogens is 472 g/mol. The zero-order valence-electron chi connectivity index (χ0n) is 17.8. The van der Waals surface area contributed by atoms with Crippen LogP contribution in [0.1, 0.15) is 42.5 Å². The number of carbonyl (C=O) groups excluding carboxylic acids is 1. The smallest absolute Gasteiger partial charge is 0.357 e. The fourth-order valence-corrected chi connectivity index (χ4v) is 3.48. The van der Waals surface area contributed by atoms with E-state index in [0.717, 1.165) is 16.5 Å². The van der Waals surface area contributed by atoms with Crippen molar-refractivity contribution in [3.05, 3.63) is 82.9 Å². The number of hydroxylamine groups is 2. The molecule has 7 nitrogen and oxygen atoms in total. The second kappa shape index (κ2) is 9.93. The lowest BCUT2D eigenvalue weighted by Gasteiger charge is -2.25. The molecule has 0 aliphatic carbocycles. The van der Waals surface area contributed by atoms with Gasteiger partial charge in [-0.2, -0.15) is 0 Å². The summed E-state index contributed by atoms with van der Waals surface area (Å²) in [5.74, 6) is 1.36. The molecule has 4 rings (SSSR count). The van der Waals surface area contributed by atoms with E-state index in [-0.39, 0.29) is 6.04 Å². The highest BCUT2D eigenvalue weighted by Gasteiger charge is 2.24. The van der Waals surface area contributed by atoms with Gasteiger partial charge in [0.05, 0.1) is 18.0 Å². The first kappa shape index (κ1) is 22.0. The molecule has 0 radical (unpaired) electrons. The van der Waals surface area contributed by atoms with Crippen LogP contribution in [0.4, 0.5) is 0 Å². The third-order valence-corrected chi connectivity index (χ3v) is 5.47. The zero-order chi connectivity index (χ0) is 22.5. The topological polar surface area (TPSA) is 84.2 Å². The number of hydrogen-bond donors (Lipinski definition) is 1. The minimum Gasteiger partial charge on any atom is -0.435 e. The molecule has 0 saturated heterocycles. The first-order chi connectivity index (χ1) is 15.5. The van der Waals surface area contributed by atoms with Crippen molar-refractivity contribution in [2.45, 2.75) is 26.3 Å². The maximum Gasteiger partial charge on any atom is 0.357 e. The number of benzene rings is 2. The van der Waals surface area contributed by atoms with E-state index in [9.17, 15) is 4.79 Å².